The van der Waals surface area contributed by atoms with Gasteiger partial charge >= 0.3 is 0 Å². The molecule has 0 spiro atoms. The highest BCUT2D eigenvalue weighted by Crippen LogP contribution is 2.55. The van der Waals surface area contributed by atoms with E-state index in [0.29, 0.717) is 24.1 Å². The van der Waals surface area contributed by atoms with Gasteiger partial charge < -0.3 is 5.32 Å². The van der Waals surface area contributed by atoms with Crippen LogP contribution >= 0.6 is 0 Å². The highest BCUT2D eigenvalue weighted by atomic mass is 16.2. The molecule has 0 unspecified atom stereocenters. The third-order valence-corrected chi connectivity index (χ3v) is 5.42. The molecule has 2 atom stereocenters. The number of amides is 3. The van der Waals surface area contributed by atoms with E-state index in [9.17, 15) is 14.4 Å². The Morgan fingerprint density at radius 1 is 1.04 bits per heavy atom. The average Bonchev–Trinajstić information content (AvgIpc) is 3.36. The molecule has 5 nitrogen and oxygen atoms in total. The van der Waals surface area contributed by atoms with E-state index >= 15 is 0 Å². The van der Waals surface area contributed by atoms with Crippen LogP contribution in [-0.4, -0.2) is 35.7 Å². The van der Waals surface area contributed by atoms with Gasteiger partial charge in [-0.15, -0.1) is 0 Å². The van der Waals surface area contributed by atoms with Gasteiger partial charge in [0, 0.05) is 13.1 Å². The van der Waals surface area contributed by atoms with Crippen LogP contribution in [0.1, 0.15) is 39.6 Å². The molecule has 0 aromatic heterocycles. The van der Waals surface area contributed by atoms with E-state index in [1.165, 1.54) is 4.90 Å². The summed E-state index contributed by atoms with van der Waals surface area (Å²) in [5.41, 5.74) is 1.17. The van der Waals surface area contributed by atoms with Gasteiger partial charge in [-0.05, 0) is 37.0 Å². The molecule has 5 heteroatoms. The molecule has 0 bridgehead atoms. The Morgan fingerprint density at radius 3 is 2.19 bits per heavy atom. The summed E-state index contributed by atoms with van der Waals surface area (Å²) in [7, 11) is 0. The van der Waals surface area contributed by atoms with E-state index in [1.807, 2.05) is 37.3 Å². The Labute approximate surface area is 152 Å². The number of imide groups is 1. The molecule has 2 aliphatic rings. The first-order valence-corrected chi connectivity index (χ1v) is 8.88. The highest BCUT2D eigenvalue weighted by Gasteiger charge is 2.62. The predicted molar refractivity (Wildman–Crippen MR) is 96.7 cm³/mol. The maximum atomic E-state index is 12.8. The Morgan fingerprint density at radius 2 is 1.62 bits per heavy atom. The number of nitrogens with zero attached hydrogens (tertiary/aromatic N) is 1. The molecule has 2 aromatic carbocycles. The van der Waals surface area contributed by atoms with Crippen LogP contribution in [0.5, 0.6) is 0 Å². The fraction of sp³-hybridized carbons (Fsp3) is 0.286. The van der Waals surface area contributed by atoms with Crippen LogP contribution in [0.25, 0.3) is 0 Å². The van der Waals surface area contributed by atoms with Gasteiger partial charge in [0.1, 0.15) is 0 Å². The summed E-state index contributed by atoms with van der Waals surface area (Å²) in [4.78, 5) is 39.3. The first kappa shape index (κ1) is 16.5. The monoisotopic (exact) mass is 348 g/mol. The van der Waals surface area contributed by atoms with Gasteiger partial charge in [-0.2, -0.15) is 0 Å². The number of carbonyl (C=O) groups is 3. The van der Waals surface area contributed by atoms with Crippen LogP contribution in [0.4, 0.5) is 0 Å². The first-order valence-electron chi connectivity index (χ1n) is 8.88. The Hall–Kier alpha value is -2.95. The van der Waals surface area contributed by atoms with E-state index in [-0.39, 0.29) is 30.2 Å². The zero-order chi connectivity index (χ0) is 18.3. The quantitative estimate of drug-likeness (QED) is 0.844. The molecule has 1 heterocycles. The molecular weight excluding hydrogens is 328 g/mol. The lowest BCUT2D eigenvalue weighted by Crippen LogP contribution is -2.39. The number of likely N-dealkylation sites (N-methyl/N-ethyl adjacent to an activating group) is 1. The lowest BCUT2D eigenvalue weighted by atomic mass is 9.92. The van der Waals surface area contributed by atoms with Gasteiger partial charge in [0.15, 0.2) is 0 Å². The molecule has 0 radical (unpaired) electrons. The van der Waals surface area contributed by atoms with Crippen molar-refractivity contribution < 1.29 is 14.4 Å². The molecule has 1 saturated carbocycles. The summed E-state index contributed by atoms with van der Waals surface area (Å²) in [6.45, 7) is 2.70. The van der Waals surface area contributed by atoms with Crippen molar-refractivity contribution in [3.63, 3.8) is 0 Å². The topological polar surface area (TPSA) is 66.5 Å². The SMILES string of the molecule is CCNC(=O)[C@]1(c2ccccc2)C[C@@H]1CN1C(=O)c2ccccc2C1=O. The van der Waals surface area contributed by atoms with Gasteiger partial charge in [-0.1, -0.05) is 42.5 Å². The second-order valence-corrected chi connectivity index (χ2v) is 6.86. The van der Waals surface area contributed by atoms with Crippen molar-refractivity contribution in [1.82, 2.24) is 10.2 Å². The Kier molecular flexibility index (Phi) is 3.87. The number of rotatable bonds is 5. The molecule has 132 valence electrons. The lowest BCUT2D eigenvalue weighted by Gasteiger charge is -2.20. The summed E-state index contributed by atoms with van der Waals surface area (Å²) in [5.74, 6) is -0.641. The molecule has 1 aliphatic heterocycles. The summed E-state index contributed by atoms with van der Waals surface area (Å²) < 4.78 is 0. The second-order valence-electron chi connectivity index (χ2n) is 6.86. The van der Waals surface area contributed by atoms with Crippen LogP contribution in [0.2, 0.25) is 0 Å². The van der Waals surface area contributed by atoms with Gasteiger partial charge in [-0.3, -0.25) is 19.3 Å². The molecule has 1 aliphatic carbocycles. The Bertz CT molecular complexity index is 858. The predicted octanol–water partition coefficient (Wildman–Crippen LogP) is 2.38. The smallest absolute Gasteiger partial charge is 0.261 e. The molecule has 1 N–H and O–H groups in total. The van der Waals surface area contributed by atoms with E-state index in [2.05, 4.69) is 5.32 Å². The molecular formula is C21H20N2O3. The fourth-order valence-electron chi connectivity index (χ4n) is 3.99. The van der Waals surface area contributed by atoms with E-state index in [4.69, 9.17) is 0 Å². The standard InChI is InChI=1S/C21H20N2O3/c1-2-22-20(26)21(14-8-4-3-5-9-14)12-15(21)13-23-18(24)16-10-6-7-11-17(16)19(23)25/h3-11,15H,2,12-13H2,1H3,(H,22,26)/t15-,21+/m1/s1. The average molecular weight is 348 g/mol. The molecule has 0 saturated heterocycles. The number of hydrogen-bond acceptors (Lipinski definition) is 3. The van der Waals surface area contributed by atoms with E-state index < -0.39 is 5.41 Å². The van der Waals surface area contributed by atoms with Crippen molar-refractivity contribution in [2.45, 2.75) is 18.8 Å². The zero-order valence-corrected chi connectivity index (χ0v) is 14.6. The van der Waals surface area contributed by atoms with Crippen LogP contribution in [0, 0.1) is 5.92 Å². The number of hydrogen-bond donors (Lipinski definition) is 1. The minimum Gasteiger partial charge on any atom is -0.356 e. The molecule has 2 aromatic rings. The van der Waals surface area contributed by atoms with Gasteiger partial charge in [0.25, 0.3) is 11.8 Å². The molecule has 3 amide bonds. The lowest BCUT2D eigenvalue weighted by molar-refractivity contribution is -0.123. The van der Waals surface area contributed by atoms with Crippen molar-refractivity contribution >= 4 is 17.7 Å². The summed E-state index contributed by atoms with van der Waals surface area (Å²) >= 11 is 0. The number of benzene rings is 2. The highest BCUT2D eigenvalue weighted by molar-refractivity contribution is 6.21. The Balaban J connectivity index is 1.61. The van der Waals surface area contributed by atoms with Gasteiger partial charge in [-0.25, -0.2) is 0 Å². The van der Waals surface area contributed by atoms with Crippen molar-refractivity contribution in [2.75, 3.05) is 13.1 Å². The summed E-state index contributed by atoms with van der Waals surface area (Å²) in [6.07, 6.45) is 0.635. The van der Waals surface area contributed by atoms with Crippen LogP contribution in [0.15, 0.2) is 54.6 Å². The summed E-state index contributed by atoms with van der Waals surface area (Å²) in [6, 6.07) is 16.5. The molecule has 4 rings (SSSR count). The van der Waals surface area contributed by atoms with Crippen LogP contribution in [0.3, 0.4) is 0 Å². The van der Waals surface area contributed by atoms with Crippen molar-refractivity contribution in [2.24, 2.45) is 5.92 Å². The minimum atomic E-state index is -0.660. The van der Waals surface area contributed by atoms with Crippen LogP contribution in [-0.2, 0) is 10.2 Å². The van der Waals surface area contributed by atoms with Crippen molar-refractivity contribution in [1.29, 1.82) is 0 Å². The third-order valence-electron chi connectivity index (χ3n) is 5.42. The number of carbonyl (C=O) groups excluding carboxylic acids is 3. The van der Waals surface area contributed by atoms with E-state index in [0.717, 1.165) is 5.56 Å². The third kappa shape index (κ3) is 2.35. The van der Waals surface area contributed by atoms with Gasteiger partial charge in [0.2, 0.25) is 5.91 Å². The number of nitrogens with one attached hydrogen (secondary N) is 1. The maximum Gasteiger partial charge on any atom is 0.261 e. The zero-order valence-electron chi connectivity index (χ0n) is 14.6. The van der Waals surface area contributed by atoms with E-state index in [1.54, 1.807) is 24.3 Å². The largest absolute Gasteiger partial charge is 0.356 e. The fourth-order valence-corrected chi connectivity index (χ4v) is 3.99. The minimum absolute atomic E-state index is 0.0344. The van der Waals surface area contributed by atoms with Gasteiger partial charge in [0.05, 0.1) is 16.5 Å². The van der Waals surface area contributed by atoms with Crippen molar-refractivity contribution in [3.05, 3.63) is 71.3 Å². The summed E-state index contributed by atoms with van der Waals surface area (Å²) in [5, 5.41) is 2.91. The van der Waals surface area contributed by atoms with Crippen molar-refractivity contribution in [3.8, 4) is 0 Å². The maximum absolute atomic E-state index is 12.8. The normalized spacial score (nSPS) is 23.7. The molecule has 1 fully saturated rings. The second kappa shape index (κ2) is 6.09. The first-order chi connectivity index (χ1) is 12.6. The number of fused-ring (bicyclic) bond motifs is 1. The van der Waals surface area contributed by atoms with Crippen LogP contribution < -0.4 is 5.32 Å². The molecule has 26 heavy (non-hydrogen) atoms.